The van der Waals surface area contributed by atoms with E-state index in [0.717, 1.165) is 28.8 Å². The second-order valence-corrected chi connectivity index (χ2v) is 5.44. The van der Waals surface area contributed by atoms with Crippen LogP contribution in [0.25, 0.3) is 0 Å². The Bertz CT molecular complexity index is 448. The summed E-state index contributed by atoms with van der Waals surface area (Å²) in [4.78, 5) is 13.5. The largest absolute Gasteiger partial charge is 0.369 e. The molecule has 1 aliphatic rings. The smallest absolute Gasteiger partial charge is 0.221 e. The molecular formula is C13H18BrN3O. The number of halogens is 1. The molecular weight excluding hydrogens is 294 g/mol. The van der Waals surface area contributed by atoms with E-state index in [0.29, 0.717) is 13.0 Å². The van der Waals surface area contributed by atoms with Gasteiger partial charge in [-0.15, -0.1) is 0 Å². The van der Waals surface area contributed by atoms with Crippen LogP contribution >= 0.6 is 15.9 Å². The molecule has 1 aromatic rings. The topological polar surface area (TPSA) is 58.4 Å². The van der Waals surface area contributed by atoms with Gasteiger partial charge in [-0.1, -0.05) is 22.0 Å². The van der Waals surface area contributed by atoms with Gasteiger partial charge in [0, 0.05) is 42.3 Å². The number of rotatable bonds is 2. The van der Waals surface area contributed by atoms with Gasteiger partial charge in [-0.2, -0.15) is 0 Å². The van der Waals surface area contributed by atoms with Crippen molar-refractivity contribution in [3.05, 3.63) is 28.2 Å². The SMILES string of the molecule is C[C@H](N)c1ccc(N2CCNC(=O)CC2)cc1Br. The first-order valence-electron chi connectivity index (χ1n) is 6.14. The third-order valence-corrected chi connectivity index (χ3v) is 3.84. The molecule has 0 saturated carbocycles. The Morgan fingerprint density at radius 1 is 1.44 bits per heavy atom. The molecule has 0 unspecified atom stereocenters. The fourth-order valence-electron chi connectivity index (χ4n) is 2.11. The molecule has 3 N–H and O–H groups in total. The van der Waals surface area contributed by atoms with Crippen LogP contribution in [0, 0.1) is 0 Å². The van der Waals surface area contributed by atoms with E-state index in [1.54, 1.807) is 0 Å². The summed E-state index contributed by atoms with van der Waals surface area (Å²) in [6, 6.07) is 6.21. The average molecular weight is 312 g/mol. The Balaban J connectivity index is 2.18. The summed E-state index contributed by atoms with van der Waals surface area (Å²) in [7, 11) is 0. The van der Waals surface area contributed by atoms with Gasteiger partial charge in [0.15, 0.2) is 0 Å². The molecule has 1 aromatic carbocycles. The molecule has 98 valence electrons. The Labute approximate surface area is 116 Å². The molecule has 1 atom stereocenters. The minimum Gasteiger partial charge on any atom is -0.369 e. The maximum atomic E-state index is 11.3. The lowest BCUT2D eigenvalue weighted by molar-refractivity contribution is -0.120. The highest BCUT2D eigenvalue weighted by Crippen LogP contribution is 2.27. The van der Waals surface area contributed by atoms with Gasteiger partial charge in [-0.05, 0) is 24.6 Å². The second-order valence-electron chi connectivity index (χ2n) is 4.58. The van der Waals surface area contributed by atoms with Crippen LogP contribution in [0.3, 0.4) is 0 Å². The van der Waals surface area contributed by atoms with Crippen molar-refractivity contribution in [3.8, 4) is 0 Å². The number of benzene rings is 1. The zero-order valence-electron chi connectivity index (χ0n) is 10.4. The summed E-state index contributed by atoms with van der Waals surface area (Å²) in [5.74, 6) is 0.128. The van der Waals surface area contributed by atoms with Crippen LogP contribution < -0.4 is 16.0 Å². The summed E-state index contributed by atoms with van der Waals surface area (Å²) in [6.45, 7) is 4.27. The predicted molar refractivity (Wildman–Crippen MR) is 76.6 cm³/mol. The molecule has 0 aromatic heterocycles. The minimum absolute atomic E-state index is 0.0146. The zero-order chi connectivity index (χ0) is 13.1. The molecule has 1 saturated heterocycles. The lowest BCUT2D eigenvalue weighted by atomic mass is 10.1. The lowest BCUT2D eigenvalue weighted by Crippen LogP contribution is -2.28. The van der Waals surface area contributed by atoms with Crippen LogP contribution in [0.1, 0.15) is 24.9 Å². The van der Waals surface area contributed by atoms with E-state index >= 15 is 0 Å². The lowest BCUT2D eigenvalue weighted by Gasteiger charge is -2.23. The molecule has 0 radical (unpaired) electrons. The summed E-state index contributed by atoms with van der Waals surface area (Å²) in [6.07, 6.45) is 0.548. The maximum absolute atomic E-state index is 11.3. The van der Waals surface area contributed by atoms with Gasteiger partial charge in [-0.3, -0.25) is 4.79 Å². The average Bonchev–Trinajstić information content (AvgIpc) is 2.53. The highest BCUT2D eigenvalue weighted by molar-refractivity contribution is 9.10. The summed E-state index contributed by atoms with van der Waals surface area (Å²) < 4.78 is 1.03. The van der Waals surface area contributed by atoms with Gasteiger partial charge in [0.05, 0.1) is 0 Å². The Morgan fingerprint density at radius 3 is 2.89 bits per heavy atom. The van der Waals surface area contributed by atoms with Crippen molar-refractivity contribution in [3.63, 3.8) is 0 Å². The molecule has 1 amide bonds. The first-order chi connectivity index (χ1) is 8.58. The van der Waals surface area contributed by atoms with Gasteiger partial charge in [-0.25, -0.2) is 0 Å². The molecule has 18 heavy (non-hydrogen) atoms. The molecule has 0 aliphatic carbocycles. The van der Waals surface area contributed by atoms with Gasteiger partial charge < -0.3 is 16.0 Å². The van der Waals surface area contributed by atoms with Crippen molar-refractivity contribution in [2.45, 2.75) is 19.4 Å². The van der Waals surface area contributed by atoms with Crippen molar-refractivity contribution in [1.29, 1.82) is 0 Å². The Kier molecular flexibility index (Phi) is 4.24. The monoisotopic (exact) mass is 311 g/mol. The number of amides is 1. The zero-order valence-corrected chi connectivity index (χ0v) is 12.0. The van der Waals surface area contributed by atoms with E-state index in [4.69, 9.17) is 5.73 Å². The molecule has 0 bridgehead atoms. The number of hydrogen-bond donors (Lipinski definition) is 2. The summed E-state index contributed by atoms with van der Waals surface area (Å²) in [5, 5.41) is 2.88. The number of anilines is 1. The van der Waals surface area contributed by atoms with Gasteiger partial charge in [0.2, 0.25) is 5.91 Å². The fraction of sp³-hybridized carbons (Fsp3) is 0.462. The number of carbonyl (C=O) groups is 1. The number of nitrogens with one attached hydrogen (secondary N) is 1. The molecule has 1 fully saturated rings. The fourth-order valence-corrected chi connectivity index (χ4v) is 2.83. The van der Waals surface area contributed by atoms with Crippen molar-refractivity contribution in [1.82, 2.24) is 5.32 Å². The number of nitrogens with two attached hydrogens (primary N) is 1. The minimum atomic E-state index is 0.0146. The first kappa shape index (κ1) is 13.4. The van der Waals surface area contributed by atoms with Crippen molar-refractivity contribution in [2.24, 2.45) is 5.73 Å². The number of carbonyl (C=O) groups excluding carboxylic acids is 1. The third-order valence-electron chi connectivity index (χ3n) is 3.15. The standard InChI is InChI=1S/C13H18BrN3O/c1-9(15)11-3-2-10(8-12(11)14)17-6-4-13(18)16-5-7-17/h2-3,8-9H,4-7,15H2,1H3,(H,16,18)/t9-/m0/s1. The normalized spacial score (nSPS) is 18.2. The maximum Gasteiger partial charge on any atom is 0.221 e. The predicted octanol–water partition coefficient (Wildman–Crippen LogP) is 1.80. The quantitative estimate of drug-likeness (QED) is 0.875. The van der Waals surface area contributed by atoms with Crippen LogP contribution in [-0.4, -0.2) is 25.5 Å². The molecule has 2 rings (SSSR count). The number of hydrogen-bond acceptors (Lipinski definition) is 3. The van der Waals surface area contributed by atoms with E-state index in [9.17, 15) is 4.79 Å². The Morgan fingerprint density at radius 2 is 2.22 bits per heavy atom. The van der Waals surface area contributed by atoms with Crippen molar-refractivity contribution in [2.75, 3.05) is 24.5 Å². The Hall–Kier alpha value is -1.07. The number of nitrogens with zero attached hydrogens (tertiary/aromatic N) is 1. The van der Waals surface area contributed by atoms with Crippen LogP contribution in [0.4, 0.5) is 5.69 Å². The molecule has 0 spiro atoms. The van der Waals surface area contributed by atoms with Crippen molar-refractivity contribution >= 4 is 27.5 Å². The van der Waals surface area contributed by atoms with Crippen LogP contribution in [0.15, 0.2) is 22.7 Å². The van der Waals surface area contributed by atoms with Crippen LogP contribution in [0.2, 0.25) is 0 Å². The van der Waals surface area contributed by atoms with E-state index in [-0.39, 0.29) is 11.9 Å². The summed E-state index contributed by atoms with van der Waals surface area (Å²) in [5.41, 5.74) is 8.12. The third kappa shape index (κ3) is 3.03. The summed E-state index contributed by atoms with van der Waals surface area (Å²) >= 11 is 3.56. The van der Waals surface area contributed by atoms with Crippen LogP contribution in [0.5, 0.6) is 0 Å². The second kappa shape index (κ2) is 5.71. The van der Waals surface area contributed by atoms with E-state index in [2.05, 4.69) is 38.3 Å². The van der Waals surface area contributed by atoms with E-state index in [1.165, 1.54) is 0 Å². The van der Waals surface area contributed by atoms with Gasteiger partial charge in [0.25, 0.3) is 0 Å². The van der Waals surface area contributed by atoms with Crippen LogP contribution in [-0.2, 0) is 4.79 Å². The molecule has 4 nitrogen and oxygen atoms in total. The first-order valence-corrected chi connectivity index (χ1v) is 6.94. The van der Waals surface area contributed by atoms with E-state index in [1.807, 2.05) is 13.0 Å². The molecule has 1 heterocycles. The van der Waals surface area contributed by atoms with Gasteiger partial charge in [0.1, 0.15) is 0 Å². The van der Waals surface area contributed by atoms with E-state index < -0.39 is 0 Å². The van der Waals surface area contributed by atoms with Gasteiger partial charge >= 0.3 is 0 Å². The highest BCUT2D eigenvalue weighted by atomic mass is 79.9. The molecule has 5 heteroatoms. The molecule has 1 aliphatic heterocycles. The van der Waals surface area contributed by atoms with Crippen molar-refractivity contribution < 1.29 is 4.79 Å². The highest BCUT2D eigenvalue weighted by Gasteiger charge is 2.15.